The summed E-state index contributed by atoms with van der Waals surface area (Å²) >= 11 is 5.98. The lowest BCUT2D eigenvalue weighted by atomic mass is 10.2. The van der Waals surface area contributed by atoms with E-state index in [4.69, 9.17) is 21.1 Å². The Morgan fingerprint density at radius 2 is 2.06 bits per heavy atom. The van der Waals surface area contributed by atoms with E-state index in [9.17, 15) is 10.1 Å². The predicted octanol–water partition coefficient (Wildman–Crippen LogP) is 2.81. The number of benzene rings is 1. The van der Waals surface area contributed by atoms with Crippen molar-refractivity contribution in [3.8, 4) is 11.5 Å². The van der Waals surface area contributed by atoms with Gasteiger partial charge in [-0.05, 0) is 12.1 Å². The van der Waals surface area contributed by atoms with Crippen molar-refractivity contribution in [3.05, 3.63) is 33.5 Å². The number of hydrogen-bond donors (Lipinski definition) is 0. The fraction of sp³-hybridized carbons (Fsp3) is 0.182. The molecule has 0 aliphatic rings. The maximum atomic E-state index is 10.8. The van der Waals surface area contributed by atoms with E-state index in [0.717, 1.165) is 6.20 Å². The summed E-state index contributed by atoms with van der Waals surface area (Å²) in [5, 5.41) is 11.2. The number of aromatic nitrogens is 1. The molecule has 1 heterocycles. The van der Waals surface area contributed by atoms with Crippen LogP contribution in [0.3, 0.4) is 0 Å². The average molecular weight is 269 g/mol. The molecule has 2 rings (SSSR count). The Bertz CT molecular complexity index is 630. The number of fused-ring (bicyclic) bond motifs is 1. The van der Waals surface area contributed by atoms with E-state index in [0.29, 0.717) is 22.4 Å². The van der Waals surface area contributed by atoms with Crippen LogP contribution in [-0.4, -0.2) is 24.1 Å². The summed E-state index contributed by atoms with van der Waals surface area (Å²) in [4.78, 5) is 14.2. The van der Waals surface area contributed by atoms with Gasteiger partial charge in [-0.3, -0.25) is 10.1 Å². The van der Waals surface area contributed by atoms with Crippen LogP contribution in [-0.2, 0) is 0 Å². The second kappa shape index (κ2) is 4.66. The van der Waals surface area contributed by atoms with Crippen LogP contribution in [0.4, 0.5) is 5.69 Å². The first-order valence-corrected chi connectivity index (χ1v) is 5.31. The SMILES string of the molecule is COc1ccc2c(Cl)c([N+](=O)[O-])cnc2c1OC. The largest absolute Gasteiger partial charge is 0.493 e. The van der Waals surface area contributed by atoms with Crippen molar-refractivity contribution in [1.29, 1.82) is 0 Å². The lowest BCUT2D eigenvalue weighted by molar-refractivity contribution is -0.384. The van der Waals surface area contributed by atoms with Crippen molar-refractivity contribution in [2.45, 2.75) is 0 Å². The first-order chi connectivity index (χ1) is 8.60. The van der Waals surface area contributed by atoms with E-state index in [1.165, 1.54) is 14.2 Å². The molecule has 0 bridgehead atoms. The van der Waals surface area contributed by atoms with Gasteiger partial charge in [-0.1, -0.05) is 11.6 Å². The van der Waals surface area contributed by atoms with Crippen molar-refractivity contribution in [3.63, 3.8) is 0 Å². The average Bonchev–Trinajstić information content (AvgIpc) is 2.37. The van der Waals surface area contributed by atoms with Crippen molar-refractivity contribution in [2.24, 2.45) is 0 Å². The van der Waals surface area contributed by atoms with E-state index in [2.05, 4.69) is 4.98 Å². The summed E-state index contributed by atoms with van der Waals surface area (Å²) in [6.45, 7) is 0. The molecule has 0 spiro atoms. The molecule has 0 aliphatic carbocycles. The van der Waals surface area contributed by atoms with Gasteiger partial charge in [-0.25, -0.2) is 4.98 Å². The van der Waals surface area contributed by atoms with Gasteiger partial charge in [-0.2, -0.15) is 0 Å². The van der Waals surface area contributed by atoms with Crippen molar-refractivity contribution in [1.82, 2.24) is 4.98 Å². The second-order valence-corrected chi connectivity index (χ2v) is 3.79. The van der Waals surface area contributed by atoms with Gasteiger partial charge in [0, 0.05) is 5.39 Å². The van der Waals surface area contributed by atoms with E-state index >= 15 is 0 Å². The molecule has 18 heavy (non-hydrogen) atoms. The van der Waals surface area contributed by atoms with Crippen LogP contribution in [0.15, 0.2) is 18.3 Å². The first kappa shape index (κ1) is 12.4. The minimum absolute atomic E-state index is 0.0333. The summed E-state index contributed by atoms with van der Waals surface area (Å²) in [6.07, 6.45) is 1.10. The zero-order valence-electron chi connectivity index (χ0n) is 9.64. The molecule has 6 nitrogen and oxygen atoms in total. The van der Waals surface area contributed by atoms with Gasteiger partial charge >= 0.3 is 5.69 Å². The summed E-state index contributed by atoms with van der Waals surface area (Å²) in [7, 11) is 2.96. The molecule has 1 aromatic carbocycles. The van der Waals surface area contributed by atoms with Gasteiger partial charge in [0.25, 0.3) is 0 Å². The Hall–Kier alpha value is -2.08. The highest BCUT2D eigenvalue weighted by molar-refractivity contribution is 6.37. The van der Waals surface area contributed by atoms with Gasteiger partial charge in [-0.15, -0.1) is 0 Å². The Labute approximate surface area is 107 Å². The molecular weight excluding hydrogens is 260 g/mol. The van der Waals surface area contributed by atoms with E-state index in [1.54, 1.807) is 12.1 Å². The molecule has 0 fully saturated rings. The van der Waals surface area contributed by atoms with Gasteiger partial charge < -0.3 is 9.47 Å². The minimum atomic E-state index is -0.578. The number of hydrogen-bond acceptors (Lipinski definition) is 5. The maximum Gasteiger partial charge on any atom is 0.306 e. The number of nitrogens with zero attached hydrogens (tertiary/aromatic N) is 2. The van der Waals surface area contributed by atoms with Crippen molar-refractivity contribution < 1.29 is 14.4 Å². The molecule has 0 N–H and O–H groups in total. The standard InChI is InChI=1S/C11H9ClN2O4/c1-17-8-4-3-6-9(12)7(14(15)16)5-13-10(6)11(8)18-2/h3-5H,1-2H3. The molecule has 0 atom stereocenters. The Kier molecular flexibility index (Phi) is 3.20. The van der Waals surface area contributed by atoms with Gasteiger partial charge in [0.05, 0.1) is 19.1 Å². The van der Waals surface area contributed by atoms with Gasteiger partial charge in [0.15, 0.2) is 11.5 Å². The van der Waals surface area contributed by atoms with Crippen molar-refractivity contribution in [2.75, 3.05) is 14.2 Å². The summed E-state index contributed by atoms with van der Waals surface area (Å²) in [5.74, 6) is 0.884. The number of rotatable bonds is 3. The molecule has 0 amide bonds. The van der Waals surface area contributed by atoms with Gasteiger partial charge in [0.1, 0.15) is 16.7 Å². The highest BCUT2D eigenvalue weighted by atomic mass is 35.5. The number of methoxy groups -OCH3 is 2. The fourth-order valence-electron chi connectivity index (χ4n) is 1.66. The molecule has 0 unspecified atom stereocenters. The zero-order valence-corrected chi connectivity index (χ0v) is 10.4. The summed E-state index contributed by atoms with van der Waals surface area (Å²) in [5.41, 5.74) is 0.184. The fourth-order valence-corrected chi connectivity index (χ4v) is 1.93. The van der Waals surface area contributed by atoms with Crippen LogP contribution in [0.5, 0.6) is 11.5 Å². The van der Waals surface area contributed by atoms with Crippen LogP contribution in [0.2, 0.25) is 5.02 Å². The lowest BCUT2D eigenvalue weighted by Crippen LogP contribution is -1.96. The number of pyridine rings is 1. The number of halogens is 1. The third-order valence-corrected chi connectivity index (χ3v) is 2.89. The topological polar surface area (TPSA) is 74.5 Å². The van der Waals surface area contributed by atoms with Crippen LogP contribution in [0, 0.1) is 10.1 Å². The van der Waals surface area contributed by atoms with E-state index < -0.39 is 4.92 Å². The maximum absolute atomic E-state index is 10.8. The second-order valence-electron chi connectivity index (χ2n) is 3.41. The number of nitro groups is 1. The monoisotopic (exact) mass is 268 g/mol. The quantitative estimate of drug-likeness (QED) is 0.632. The van der Waals surface area contributed by atoms with Crippen molar-refractivity contribution >= 4 is 28.2 Å². The van der Waals surface area contributed by atoms with Gasteiger partial charge in [0.2, 0.25) is 0 Å². The molecule has 0 saturated heterocycles. The van der Waals surface area contributed by atoms with Crippen LogP contribution < -0.4 is 9.47 Å². The molecule has 0 saturated carbocycles. The molecule has 2 aromatic rings. The van der Waals surface area contributed by atoms with E-state index in [1.807, 2.05) is 0 Å². The van der Waals surface area contributed by atoms with E-state index in [-0.39, 0.29) is 10.7 Å². The highest BCUT2D eigenvalue weighted by Crippen LogP contribution is 2.39. The lowest BCUT2D eigenvalue weighted by Gasteiger charge is -2.10. The zero-order chi connectivity index (χ0) is 13.3. The van der Waals surface area contributed by atoms with Crippen LogP contribution >= 0.6 is 11.6 Å². The summed E-state index contributed by atoms with van der Waals surface area (Å²) < 4.78 is 10.3. The van der Waals surface area contributed by atoms with Crippen LogP contribution in [0.25, 0.3) is 10.9 Å². The third-order valence-electron chi connectivity index (χ3n) is 2.49. The smallest absolute Gasteiger partial charge is 0.306 e. The Morgan fingerprint density at radius 1 is 1.33 bits per heavy atom. The normalized spacial score (nSPS) is 10.4. The molecule has 1 aromatic heterocycles. The number of ether oxygens (including phenoxy) is 2. The Balaban J connectivity index is 2.82. The molecule has 0 aliphatic heterocycles. The third kappa shape index (κ3) is 1.80. The molecule has 94 valence electrons. The molecule has 0 radical (unpaired) electrons. The minimum Gasteiger partial charge on any atom is -0.493 e. The first-order valence-electron chi connectivity index (χ1n) is 4.93. The Morgan fingerprint density at radius 3 is 2.61 bits per heavy atom. The molecule has 7 heteroatoms. The molecular formula is C11H9ClN2O4. The predicted molar refractivity (Wildman–Crippen MR) is 66.5 cm³/mol. The van der Waals surface area contributed by atoms with Crippen LogP contribution in [0.1, 0.15) is 0 Å². The summed E-state index contributed by atoms with van der Waals surface area (Å²) in [6, 6.07) is 3.23. The highest BCUT2D eigenvalue weighted by Gasteiger charge is 2.19.